The molecule has 0 aliphatic carbocycles. The molecular formula is C18H32N4O3S2. The second kappa shape index (κ2) is 9.79. The maximum absolute atomic E-state index is 12.8. The molecule has 0 spiro atoms. The van der Waals surface area contributed by atoms with Crippen LogP contribution in [0.2, 0.25) is 0 Å². The van der Waals surface area contributed by atoms with Crippen molar-refractivity contribution in [3.05, 3.63) is 34.6 Å². The van der Waals surface area contributed by atoms with E-state index in [9.17, 15) is 14.4 Å². The Morgan fingerprint density at radius 1 is 1.44 bits per heavy atom. The number of nitrogens with two attached hydrogens (primary N) is 1. The number of aromatic nitrogens is 1. The first kappa shape index (κ1) is 23.8. The number of aliphatic hydroxyl groups is 2. The number of nitrogens with zero attached hydrogens (tertiary/aromatic N) is 2. The van der Waals surface area contributed by atoms with Gasteiger partial charge in [-0.25, -0.2) is 14.3 Å². The highest BCUT2D eigenvalue weighted by atomic mass is 32.2. The Hall–Kier alpha value is -1.26. The molecule has 0 saturated heterocycles. The van der Waals surface area contributed by atoms with E-state index in [1.54, 1.807) is 13.8 Å². The summed E-state index contributed by atoms with van der Waals surface area (Å²) in [6.07, 6.45) is 3.37. The van der Waals surface area contributed by atoms with E-state index in [2.05, 4.69) is 35.1 Å². The second-order valence-electron chi connectivity index (χ2n) is 6.99. The van der Waals surface area contributed by atoms with Crippen molar-refractivity contribution < 1.29 is 14.4 Å². The Balaban J connectivity index is 3.13. The topological polar surface area (TPSA) is 121 Å². The predicted octanol–water partition coefficient (Wildman–Crippen LogP) is 3.37. The summed E-state index contributed by atoms with van der Waals surface area (Å²) in [6, 6.07) is 0. The number of hydrogen-bond acceptors (Lipinski definition) is 7. The third-order valence-electron chi connectivity index (χ3n) is 3.78. The Labute approximate surface area is 166 Å². The quantitative estimate of drug-likeness (QED) is 0.344. The van der Waals surface area contributed by atoms with E-state index in [1.807, 2.05) is 6.92 Å². The van der Waals surface area contributed by atoms with E-state index in [0.717, 1.165) is 53.9 Å². The highest BCUT2D eigenvalue weighted by molar-refractivity contribution is 7.93. The summed E-state index contributed by atoms with van der Waals surface area (Å²) in [5.41, 5.74) is 1.48. The van der Waals surface area contributed by atoms with Crippen molar-refractivity contribution in [3.8, 4) is 0 Å². The highest BCUT2D eigenvalue weighted by Gasteiger charge is 2.23. The van der Waals surface area contributed by atoms with E-state index >= 15 is 0 Å². The average Bonchev–Trinajstić information content (AvgIpc) is 3.03. The van der Waals surface area contributed by atoms with Crippen LogP contribution in [0.25, 0.3) is 0 Å². The fourth-order valence-electron chi connectivity index (χ4n) is 2.49. The predicted molar refractivity (Wildman–Crippen MR) is 111 cm³/mol. The molecule has 27 heavy (non-hydrogen) atoms. The van der Waals surface area contributed by atoms with Crippen LogP contribution >= 0.6 is 11.3 Å². The van der Waals surface area contributed by atoms with Gasteiger partial charge in [0.2, 0.25) is 6.35 Å². The minimum absolute atomic E-state index is 0.198. The molecule has 0 saturated carbocycles. The normalized spacial score (nSPS) is 16.3. The monoisotopic (exact) mass is 416 g/mol. The van der Waals surface area contributed by atoms with E-state index in [0.29, 0.717) is 5.01 Å². The molecule has 1 aromatic heterocycles. The van der Waals surface area contributed by atoms with Crippen molar-refractivity contribution in [2.75, 3.05) is 0 Å². The SMILES string of the molecule is C=C(CCC)/C(NC(O)N=S(N)(=O)c1cnc(C(C)(C)O)s1)=C(\C)CCC. The van der Waals surface area contributed by atoms with Crippen molar-refractivity contribution in [3.63, 3.8) is 0 Å². The molecule has 1 rings (SSSR count). The summed E-state index contributed by atoms with van der Waals surface area (Å²) in [4.78, 5) is 4.05. The molecule has 0 aromatic carbocycles. The zero-order valence-corrected chi connectivity index (χ0v) is 18.4. The van der Waals surface area contributed by atoms with E-state index < -0.39 is 21.9 Å². The Kier molecular flexibility index (Phi) is 8.62. The molecule has 1 heterocycles. The lowest BCUT2D eigenvalue weighted by Gasteiger charge is -2.19. The van der Waals surface area contributed by atoms with E-state index in [-0.39, 0.29) is 4.21 Å². The van der Waals surface area contributed by atoms with Gasteiger partial charge in [-0.05, 0) is 44.8 Å². The number of allylic oxidation sites excluding steroid dienone is 2. The molecule has 0 aliphatic rings. The maximum atomic E-state index is 12.8. The minimum Gasteiger partial charge on any atom is -0.383 e. The highest BCUT2D eigenvalue weighted by Crippen LogP contribution is 2.28. The van der Waals surface area contributed by atoms with Gasteiger partial charge in [-0.3, -0.25) is 0 Å². The summed E-state index contributed by atoms with van der Waals surface area (Å²) < 4.78 is 16.8. The van der Waals surface area contributed by atoms with Crippen LogP contribution in [0.3, 0.4) is 0 Å². The van der Waals surface area contributed by atoms with Gasteiger partial charge in [0, 0.05) is 5.70 Å². The number of rotatable bonds is 10. The molecule has 0 bridgehead atoms. The Morgan fingerprint density at radius 2 is 2.04 bits per heavy atom. The van der Waals surface area contributed by atoms with Crippen LogP contribution in [0.1, 0.15) is 65.3 Å². The van der Waals surface area contributed by atoms with Gasteiger partial charge in [0.15, 0.2) is 0 Å². The first-order valence-corrected chi connectivity index (χ1v) is 11.4. The third kappa shape index (κ3) is 7.00. The lowest BCUT2D eigenvalue weighted by atomic mass is 10.0. The molecule has 2 atom stereocenters. The van der Waals surface area contributed by atoms with Gasteiger partial charge in [0.05, 0.1) is 6.20 Å². The van der Waals surface area contributed by atoms with Gasteiger partial charge in [0.25, 0.3) is 0 Å². The number of aliphatic hydroxyl groups excluding tert-OH is 1. The first-order valence-electron chi connectivity index (χ1n) is 8.97. The molecule has 0 amide bonds. The van der Waals surface area contributed by atoms with Crippen molar-refractivity contribution in [1.82, 2.24) is 10.3 Å². The van der Waals surface area contributed by atoms with Crippen molar-refractivity contribution in [2.45, 2.75) is 76.5 Å². The van der Waals surface area contributed by atoms with Crippen LogP contribution in [0.4, 0.5) is 0 Å². The summed E-state index contributed by atoms with van der Waals surface area (Å²) in [5.74, 6) is 0. The molecule has 1 aromatic rings. The fourth-order valence-corrected chi connectivity index (χ4v) is 4.64. The Bertz CT molecular complexity index is 800. The molecule has 0 fully saturated rings. The summed E-state index contributed by atoms with van der Waals surface area (Å²) >= 11 is 1.01. The van der Waals surface area contributed by atoms with Gasteiger partial charge >= 0.3 is 0 Å². The van der Waals surface area contributed by atoms with E-state index in [4.69, 9.17) is 5.14 Å². The lowest BCUT2D eigenvalue weighted by Crippen LogP contribution is -2.30. The van der Waals surface area contributed by atoms with Gasteiger partial charge in [-0.2, -0.15) is 4.36 Å². The summed E-state index contributed by atoms with van der Waals surface area (Å²) in [5, 5.41) is 29.5. The first-order chi connectivity index (χ1) is 12.4. The van der Waals surface area contributed by atoms with Gasteiger partial charge in [-0.1, -0.05) is 33.3 Å². The van der Waals surface area contributed by atoms with Crippen LogP contribution in [0, 0.1) is 0 Å². The van der Waals surface area contributed by atoms with Crippen molar-refractivity contribution in [2.24, 2.45) is 9.50 Å². The molecule has 7 nitrogen and oxygen atoms in total. The molecule has 0 radical (unpaired) electrons. The van der Waals surface area contributed by atoms with Gasteiger partial charge in [-0.15, -0.1) is 11.3 Å². The number of nitrogens with one attached hydrogen (secondary N) is 1. The zero-order chi connectivity index (χ0) is 20.8. The third-order valence-corrected chi connectivity index (χ3v) is 7.05. The van der Waals surface area contributed by atoms with E-state index in [1.165, 1.54) is 6.20 Å². The lowest BCUT2D eigenvalue weighted by molar-refractivity contribution is 0.0783. The standard InChI is InChI=1S/C18H32N4O3S2/c1-7-9-12(3)15(13(4)10-8-2)21-17(23)22-27(19,25)14-11-20-16(26-14)18(5,6)24/h11,17,21,23-24H,3,7-10H2,1-2,4-6H3,(H2,19,22,25)/b15-13-. The van der Waals surface area contributed by atoms with Crippen molar-refractivity contribution in [1.29, 1.82) is 0 Å². The average molecular weight is 417 g/mol. The molecule has 9 heteroatoms. The number of hydrogen-bond donors (Lipinski definition) is 4. The second-order valence-corrected chi connectivity index (χ2v) is 10.1. The number of thiazole rings is 1. The van der Waals surface area contributed by atoms with Crippen LogP contribution < -0.4 is 10.5 Å². The van der Waals surface area contributed by atoms with Crippen LogP contribution in [-0.4, -0.2) is 25.8 Å². The fraction of sp³-hybridized carbons (Fsp3) is 0.611. The van der Waals surface area contributed by atoms with Crippen LogP contribution in [0.15, 0.2) is 38.2 Å². The Morgan fingerprint density at radius 3 is 2.52 bits per heavy atom. The maximum Gasteiger partial charge on any atom is 0.233 e. The molecule has 0 aliphatic heterocycles. The molecular weight excluding hydrogens is 384 g/mol. The zero-order valence-electron chi connectivity index (χ0n) is 16.8. The molecule has 5 N–H and O–H groups in total. The largest absolute Gasteiger partial charge is 0.383 e. The smallest absolute Gasteiger partial charge is 0.233 e. The summed E-state index contributed by atoms with van der Waals surface area (Å²) in [7, 11) is -3.37. The molecule has 2 unspecified atom stereocenters. The van der Waals surface area contributed by atoms with Gasteiger partial charge in [0.1, 0.15) is 24.7 Å². The molecule has 154 valence electrons. The minimum atomic E-state index is -3.37. The van der Waals surface area contributed by atoms with Crippen LogP contribution in [-0.2, 0) is 15.5 Å². The van der Waals surface area contributed by atoms with Crippen LogP contribution in [0.5, 0.6) is 0 Å². The summed E-state index contributed by atoms with van der Waals surface area (Å²) in [6.45, 7) is 13.3. The van der Waals surface area contributed by atoms with Crippen molar-refractivity contribution >= 4 is 21.3 Å². The van der Waals surface area contributed by atoms with Gasteiger partial charge < -0.3 is 15.5 Å².